The van der Waals surface area contributed by atoms with Gasteiger partial charge in [0.1, 0.15) is 5.82 Å². The van der Waals surface area contributed by atoms with Gasteiger partial charge >= 0.3 is 6.09 Å². The molecule has 1 aliphatic rings. The van der Waals surface area contributed by atoms with E-state index >= 15 is 0 Å². The molecule has 0 fully saturated rings. The summed E-state index contributed by atoms with van der Waals surface area (Å²) in [5, 5.41) is 23.0. The molecule has 2 amide bonds. The van der Waals surface area contributed by atoms with E-state index in [1.54, 1.807) is 53.2 Å². The van der Waals surface area contributed by atoms with E-state index in [1.807, 2.05) is 6.07 Å². The van der Waals surface area contributed by atoms with Crippen LogP contribution in [-0.2, 0) is 17.8 Å². The number of hydrogen-bond donors (Lipinski definition) is 2. The van der Waals surface area contributed by atoms with Gasteiger partial charge in [-0.3, -0.25) is 14.4 Å². The second kappa shape index (κ2) is 8.80. The van der Waals surface area contributed by atoms with Crippen molar-refractivity contribution in [3.63, 3.8) is 0 Å². The van der Waals surface area contributed by atoms with E-state index in [9.17, 15) is 19.1 Å². The Labute approximate surface area is 184 Å². The van der Waals surface area contributed by atoms with Crippen LogP contribution in [0.15, 0.2) is 54.9 Å². The Bertz CT molecular complexity index is 1150. The Balaban J connectivity index is 1.69. The maximum absolute atomic E-state index is 13.2. The molecule has 1 aliphatic heterocycles. The van der Waals surface area contributed by atoms with E-state index in [0.29, 0.717) is 23.5 Å². The number of fused-ring (bicyclic) bond motifs is 1. The molecule has 0 radical (unpaired) electrons. The molecule has 0 bridgehead atoms. The minimum Gasteiger partial charge on any atom is -0.465 e. The van der Waals surface area contributed by atoms with E-state index in [2.05, 4.69) is 5.10 Å². The largest absolute Gasteiger partial charge is 0.465 e. The van der Waals surface area contributed by atoms with Gasteiger partial charge in [0.05, 0.1) is 43.2 Å². The zero-order valence-electron chi connectivity index (χ0n) is 17.5. The third-order valence-electron chi connectivity index (χ3n) is 5.48. The van der Waals surface area contributed by atoms with E-state index < -0.39 is 6.09 Å². The van der Waals surface area contributed by atoms with Crippen molar-refractivity contribution >= 4 is 23.4 Å². The SMILES string of the molecule is C[C@H]1CN(C(=O)O)c2cc(-c3cnn(CCO)c3)ccc2N1C(=O)Cc1ccc(F)cc1. The van der Waals surface area contributed by atoms with Gasteiger partial charge in [0, 0.05) is 18.3 Å². The molecule has 166 valence electrons. The molecule has 4 rings (SSSR count). The summed E-state index contributed by atoms with van der Waals surface area (Å²) in [5.74, 6) is -0.566. The van der Waals surface area contributed by atoms with Gasteiger partial charge in [-0.15, -0.1) is 0 Å². The van der Waals surface area contributed by atoms with Gasteiger partial charge in [-0.05, 0) is 42.3 Å². The Morgan fingerprint density at radius 3 is 2.56 bits per heavy atom. The predicted octanol–water partition coefficient (Wildman–Crippen LogP) is 3.14. The summed E-state index contributed by atoms with van der Waals surface area (Å²) in [6.07, 6.45) is 2.39. The van der Waals surface area contributed by atoms with Gasteiger partial charge in [-0.2, -0.15) is 5.10 Å². The van der Waals surface area contributed by atoms with Gasteiger partial charge in [-0.1, -0.05) is 18.2 Å². The number of carbonyl (C=O) groups excluding carboxylic acids is 1. The van der Waals surface area contributed by atoms with Crippen molar-refractivity contribution in [2.45, 2.75) is 25.9 Å². The number of carbonyl (C=O) groups is 2. The summed E-state index contributed by atoms with van der Waals surface area (Å²) in [5.41, 5.74) is 3.12. The molecule has 0 spiro atoms. The summed E-state index contributed by atoms with van der Waals surface area (Å²) in [4.78, 5) is 28.0. The topological polar surface area (TPSA) is 98.9 Å². The first-order valence-corrected chi connectivity index (χ1v) is 10.2. The number of aromatic nitrogens is 2. The molecule has 8 nitrogen and oxygen atoms in total. The number of rotatable bonds is 5. The average Bonchev–Trinajstić information content (AvgIpc) is 3.23. The highest BCUT2D eigenvalue weighted by Gasteiger charge is 2.35. The van der Waals surface area contributed by atoms with E-state index in [4.69, 9.17) is 5.11 Å². The lowest BCUT2D eigenvalue weighted by Crippen LogP contribution is -2.52. The third kappa shape index (κ3) is 4.19. The Kier molecular flexibility index (Phi) is 5.91. The molecular weight excluding hydrogens is 415 g/mol. The van der Waals surface area contributed by atoms with Crippen molar-refractivity contribution in [3.05, 3.63) is 66.2 Å². The second-order valence-corrected chi connectivity index (χ2v) is 7.73. The molecule has 9 heteroatoms. The highest BCUT2D eigenvalue weighted by molar-refractivity contribution is 6.04. The molecule has 0 saturated carbocycles. The lowest BCUT2D eigenvalue weighted by atomic mass is 10.0. The highest BCUT2D eigenvalue weighted by atomic mass is 19.1. The summed E-state index contributed by atoms with van der Waals surface area (Å²) >= 11 is 0. The van der Waals surface area contributed by atoms with Crippen LogP contribution in [0.5, 0.6) is 0 Å². The molecule has 2 N–H and O–H groups in total. The predicted molar refractivity (Wildman–Crippen MR) is 117 cm³/mol. The minimum absolute atomic E-state index is 0.0406. The second-order valence-electron chi connectivity index (χ2n) is 7.73. The van der Waals surface area contributed by atoms with Crippen LogP contribution in [0.3, 0.4) is 0 Å². The highest BCUT2D eigenvalue weighted by Crippen LogP contribution is 2.39. The third-order valence-corrected chi connectivity index (χ3v) is 5.48. The number of aliphatic hydroxyl groups is 1. The maximum atomic E-state index is 13.2. The van der Waals surface area contributed by atoms with Gasteiger partial charge in [0.25, 0.3) is 0 Å². The van der Waals surface area contributed by atoms with Crippen LogP contribution in [0.2, 0.25) is 0 Å². The van der Waals surface area contributed by atoms with E-state index in [0.717, 1.165) is 11.1 Å². The van der Waals surface area contributed by atoms with Gasteiger partial charge in [0.15, 0.2) is 0 Å². The molecule has 2 heterocycles. The van der Waals surface area contributed by atoms with Crippen LogP contribution < -0.4 is 9.80 Å². The Morgan fingerprint density at radius 1 is 1.12 bits per heavy atom. The van der Waals surface area contributed by atoms with Crippen LogP contribution in [-0.4, -0.2) is 51.2 Å². The zero-order valence-corrected chi connectivity index (χ0v) is 17.5. The first-order chi connectivity index (χ1) is 15.4. The fraction of sp³-hybridized carbons (Fsp3) is 0.261. The van der Waals surface area contributed by atoms with Crippen molar-refractivity contribution in [2.75, 3.05) is 23.0 Å². The number of halogens is 1. The number of carboxylic acid groups (broad SMARTS) is 1. The number of aliphatic hydroxyl groups excluding tert-OH is 1. The first kappa shape index (κ1) is 21.5. The van der Waals surface area contributed by atoms with E-state index in [-0.39, 0.29) is 37.3 Å². The summed E-state index contributed by atoms with van der Waals surface area (Å²) in [6.45, 7) is 2.25. The number of amides is 2. The molecular formula is C23H23FN4O4. The van der Waals surface area contributed by atoms with Gasteiger partial charge in [-0.25, -0.2) is 9.18 Å². The lowest BCUT2D eigenvalue weighted by Gasteiger charge is -2.40. The molecule has 0 aliphatic carbocycles. The molecule has 1 aromatic heterocycles. The first-order valence-electron chi connectivity index (χ1n) is 10.2. The molecule has 0 saturated heterocycles. The van der Waals surface area contributed by atoms with Crippen LogP contribution >= 0.6 is 0 Å². The number of nitrogens with zero attached hydrogens (tertiary/aromatic N) is 4. The fourth-order valence-electron chi connectivity index (χ4n) is 3.97. The van der Waals surface area contributed by atoms with Crippen LogP contribution in [0, 0.1) is 5.82 Å². The molecule has 32 heavy (non-hydrogen) atoms. The summed E-state index contributed by atoms with van der Waals surface area (Å²) < 4.78 is 14.8. The average molecular weight is 438 g/mol. The molecule has 3 aromatic rings. The standard InChI is InChI=1S/C23H23FN4O4/c1-15-13-27(23(31)32)21-11-17(18-12-25-26(14-18)8-9-29)4-7-20(21)28(15)22(30)10-16-2-5-19(24)6-3-16/h2-7,11-12,14-15,29H,8-10,13H2,1H3,(H,31,32)/t15-/m0/s1. The summed E-state index contributed by atoms with van der Waals surface area (Å²) in [7, 11) is 0. The lowest BCUT2D eigenvalue weighted by molar-refractivity contribution is -0.118. The van der Waals surface area contributed by atoms with Crippen LogP contribution in [0.25, 0.3) is 11.1 Å². The zero-order chi connectivity index (χ0) is 22.8. The van der Waals surface area contributed by atoms with Crippen LogP contribution in [0.1, 0.15) is 12.5 Å². The number of benzene rings is 2. The van der Waals surface area contributed by atoms with Gasteiger partial charge in [0.2, 0.25) is 5.91 Å². The quantitative estimate of drug-likeness (QED) is 0.638. The number of hydrogen-bond acceptors (Lipinski definition) is 4. The Hall–Kier alpha value is -3.72. The minimum atomic E-state index is -1.10. The van der Waals surface area contributed by atoms with Crippen molar-refractivity contribution in [1.82, 2.24) is 9.78 Å². The Morgan fingerprint density at radius 2 is 1.88 bits per heavy atom. The molecule has 1 atom stereocenters. The van der Waals surface area contributed by atoms with Crippen molar-refractivity contribution < 1.29 is 24.2 Å². The molecule has 0 unspecified atom stereocenters. The maximum Gasteiger partial charge on any atom is 0.411 e. The van der Waals surface area contributed by atoms with Gasteiger partial charge < -0.3 is 15.1 Å². The number of anilines is 2. The summed E-state index contributed by atoms with van der Waals surface area (Å²) in [6, 6.07) is 10.7. The monoisotopic (exact) mass is 438 g/mol. The smallest absolute Gasteiger partial charge is 0.411 e. The fourth-order valence-corrected chi connectivity index (χ4v) is 3.97. The van der Waals surface area contributed by atoms with Crippen molar-refractivity contribution in [1.29, 1.82) is 0 Å². The van der Waals surface area contributed by atoms with E-state index in [1.165, 1.54) is 17.0 Å². The van der Waals surface area contributed by atoms with Crippen molar-refractivity contribution in [2.24, 2.45) is 0 Å². The van der Waals surface area contributed by atoms with Crippen molar-refractivity contribution in [3.8, 4) is 11.1 Å². The normalized spacial score (nSPS) is 15.5. The van der Waals surface area contributed by atoms with Crippen LogP contribution in [0.4, 0.5) is 20.6 Å². The molecule has 2 aromatic carbocycles.